The molecular weight excluding hydrogens is 194 g/mol. The zero-order valence-electron chi connectivity index (χ0n) is 8.44. The van der Waals surface area contributed by atoms with Crippen molar-refractivity contribution in [3.05, 3.63) is 18.3 Å². The number of H-pyrrole nitrogens is 1. The Morgan fingerprint density at radius 3 is 3.07 bits per heavy atom. The second kappa shape index (κ2) is 3.56. The zero-order valence-corrected chi connectivity index (χ0v) is 8.44. The number of aromatic amines is 1. The zero-order chi connectivity index (χ0) is 10.9. The van der Waals surface area contributed by atoms with Crippen LogP contribution >= 0.6 is 0 Å². The number of rotatable bonds is 3. The second-order valence-corrected chi connectivity index (χ2v) is 3.82. The van der Waals surface area contributed by atoms with Crippen molar-refractivity contribution in [3.63, 3.8) is 0 Å². The average molecular weight is 207 g/mol. The molecule has 4 N–H and O–H groups in total. The van der Waals surface area contributed by atoms with Crippen LogP contribution in [0, 0.1) is 0 Å². The van der Waals surface area contributed by atoms with E-state index in [-0.39, 0.29) is 6.54 Å². The molecule has 0 fully saturated rings. The van der Waals surface area contributed by atoms with Crippen molar-refractivity contribution in [1.82, 2.24) is 19.9 Å². The summed E-state index contributed by atoms with van der Waals surface area (Å²) in [5.74, 6) is 0.668. The largest absolute Gasteiger partial charge is 0.388 e. The molecule has 0 radical (unpaired) electrons. The van der Waals surface area contributed by atoms with Crippen LogP contribution in [-0.2, 0) is 6.42 Å². The van der Waals surface area contributed by atoms with E-state index in [0.717, 1.165) is 5.52 Å². The molecule has 1 unspecified atom stereocenters. The molecule has 0 aromatic carbocycles. The molecule has 0 aliphatic heterocycles. The fraction of sp³-hybridized carbons (Fsp3) is 0.444. The summed E-state index contributed by atoms with van der Waals surface area (Å²) in [5, 5.41) is 9.78. The Labute approximate surface area is 86.6 Å². The Kier molecular flexibility index (Phi) is 2.37. The molecule has 0 saturated heterocycles. The van der Waals surface area contributed by atoms with E-state index in [1.807, 2.05) is 0 Å². The van der Waals surface area contributed by atoms with Gasteiger partial charge in [0.05, 0.1) is 11.8 Å². The summed E-state index contributed by atoms with van der Waals surface area (Å²) in [6.45, 7) is 1.86. The van der Waals surface area contributed by atoms with Crippen LogP contribution in [0.15, 0.2) is 12.5 Å². The number of hydrogen-bond acceptors (Lipinski definition) is 5. The summed E-state index contributed by atoms with van der Waals surface area (Å²) in [7, 11) is 0. The van der Waals surface area contributed by atoms with E-state index in [0.29, 0.717) is 17.9 Å². The molecular formula is C9H13N5O. The van der Waals surface area contributed by atoms with Crippen molar-refractivity contribution in [2.45, 2.75) is 18.9 Å². The maximum Gasteiger partial charge on any atom is 0.180 e. The first-order chi connectivity index (χ1) is 7.11. The van der Waals surface area contributed by atoms with E-state index in [1.54, 1.807) is 13.1 Å². The van der Waals surface area contributed by atoms with E-state index in [9.17, 15) is 5.11 Å². The van der Waals surface area contributed by atoms with Gasteiger partial charge in [-0.3, -0.25) is 0 Å². The first kappa shape index (κ1) is 10.0. The summed E-state index contributed by atoms with van der Waals surface area (Å²) in [6, 6.07) is 0. The van der Waals surface area contributed by atoms with Gasteiger partial charge in [-0.1, -0.05) is 0 Å². The van der Waals surface area contributed by atoms with Gasteiger partial charge in [0, 0.05) is 13.0 Å². The van der Waals surface area contributed by atoms with Crippen molar-refractivity contribution in [2.24, 2.45) is 5.73 Å². The minimum Gasteiger partial charge on any atom is -0.388 e. The summed E-state index contributed by atoms with van der Waals surface area (Å²) in [5.41, 5.74) is 5.85. The highest BCUT2D eigenvalue weighted by Crippen LogP contribution is 2.12. The summed E-state index contributed by atoms with van der Waals surface area (Å²) >= 11 is 0. The van der Waals surface area contributed by atoms with E-state index in [1.165, 1.54) is 6.33 Å². The number of hydrogen-bond donors (Lipinski definition) is 3. The minimum atomic E-state index is -0.943. The van der Waals surface area contributed by atoms with E-state index in [4.69, 9.17) is 5.73 Å². The van der Waals surface area contributed by atoms with Gasteiger partial charge in [0.25, 0.3) is 0 Å². The molecule has 0 aliphatic rings. The number of imidazole rings is 1. The molecule has 2 rings (SSSR count). The third-order valence-corrected chi connectivity index (χ3v) is 2.20. The lowest BCUT2D eigenvalue weighted by molar-refractivity contribution is 0.0678. The lowest BCUT2D eigenvalue weighted by Crippen LogP contribution is -2.36. The maximum atomic E-state index is 9.78. The predicted octanol–water partition coefficient (Wildman–Crippen LogP) is -0.395. The molecule has 0 bridgehead atoms. The Balaban J connectivity index is 2.30. The number of nitrogens with one attached hydrogen (secondary N) is 1. The van der Waals surface area contributed by atoms with Gasteiger partial charge in [-0.05, 0) is 6.92 Å². The average Bonchev–Trinajstić information content (AvgIpc) is 2.58. The van der Waals surface area contributed by atoms with Crippen molar-refractivity contribution in [2.75, 3.05) is 6.54 Å². The van der Waals surface area contributed by atoms with Crippen LogP contribution < -0.4 is 5.73 Å². The molecule has 0 aliphatic carbocycles. The fourth-order valence-corrected chi connectivity index (χ4v) is 1.33. The van der Waals surface area contributed by atoms with Gasteiger partial charge in [0.2, 0.25) is 0 Å². The first-order valence-corrected chi connectivity index (χ1v) is 4.68. The van der Waals surface area contributed by atoms with Crippen LogP contribution in [0.3, 0.4) is 0 Å². The molecule has 6 nitrogen and oxygen atoms in total. The Bertz CT molecular complexity index is 431. The normalized spacial score (nSPS) is 15.4. The van der Waals surface area contributed by atoms with Crippen molar-refractivity contribution in [1.29, 1.82) is 0 Å². The summed E-state index contributed by atoms with van der Waals surface area (Å²) in [6.07, 6.45) is 3.46. The van der Waals surface area contributed by atoms with Gasteiger partial charge in [-0.2, -0.15) is 0 Å². The Morgan fingerprint density at radius 1 is 1.60 bits per heavy atom. The highest BCUT2D eigenvalue weighted by atomic mass is 16.3. The molecule has 1 atom stereocenters. The van der Waals surface area contributed by atoms with Crippen LogP contribution in [0.4, 0.5) is 0 Å². The van der Waals surface area contributed by atoms with Gasteiger partial charge in [-0.25, -0.2) is 15.0 Å². The van der Waals surface area contributed by atoms with Crippen LogP contribution in [0.2, 0.25) is 0 Å². The Morgan fingerprint density at radius 2 is 2.40 bits per heavy atom. The van der Waals surface area contributed by atoms with Gasteiger partial charge in [-0.15, -0.1) is 0 Å². The standard InChI is InChI=1S/C9H13N5O/c1-9(15,4-10)2-7-13-6-3-11-5-12-8(6)14-7/h3,5,15H,2,4,10H2,1H3,(H,11,12,13,14). The van der Waals surface area contributed by atoms with Crippen LogP contribution in [-0.4, -0.2) is 37.2 Å². The van der Waals surface area contributed by atoms with Gasteiger partial charge >= 0.3 is 0 Å². The lowest BCUT2D eigenvalue weighted by Gasteiger charge is -2.18. The Hall–Kier alpha value is -1.53. The highest BCUT2D eigenvalue weighted by Gasteiger charge is 2.20. The molecule has 15 heavy (non-hydrogen) atoms. The molecule has 0 amide bonds. The summed E-state index contributed by atoms with van der Waals surface area (Å²) < 4.78 is 0. The molecule has 2 heterocycles. The number of aromatic nitrogens is 4. The van der Waals surface area contributed by atoms with Gasteiger partial charge in [0.15, 0.2) is 5.65 Å². The third kappa shape index (κ3) is 2.11. The number of nitrogens with two attached hydrogens (primary N) is 1. The molecule has 2 aromatic rings. The van der Waals surface area contributed by atoms with Crippen molar-refractivity contribution in [3.8, 4) is 0 Å². The maximum absolute atomic E-state index is 9.78. The quantitative estimate of drug-likeness (QED) is 0.636. The number of nitrogens with zero attached hydrogens (tertiary/aromatic N) is 3. The molecule has 80 valence electrons. The molecule has 0 saturated carbocycles. The van der Waals surface area contributed by atoms with E-state index < -0.39 is 5.60 Å². The van der Waals surface area contributed by atoms with Crippen LogP contribution in [0.5, 0.6) is 0 Å². The van der Waals surface area contributed by atoms with Gasteiger partial charge in [0.1, 0.15) is 17.7 Å². The SMILES string of the molecule is CC(O)(CN)Cc1nc2ncncc2[nH]1. The molecule has 0 spiro atoms. The molecule has 6 heteroatoms. The van der Waals surface area contributed by atoms with Crippen molar-refractivity contribution < 1.29 is 5.11 Å². The predicted molar refractivity (Wildman–Crippen MR) is 55.1 cm³/mol. The number of fused-ring (bicyclic) bond motifs is 1. The smallest absolute Gasteiger partial charge is 0.180 e. The van der Waals surface area contributed by atoms with E-state index >= 15 is 0 Å². The second-order valence-electron chi connectivity index (χ2n) is 3.82. The van der Waals surface area contributed by atoms with Crippen LogP contribution in [0.25, 0.3) is 11.2 Å². The van der Waals surface area contributed by atoms with Crippen molar-refractivity contribution >= 4 is 11.2 Å². The minimum absolute atomic E-state index is 0.190. The highest BCUT2D eigenvalue weighted by molar-refractivity contribution is 5.68. The monoisotopic (exact) mass is 207 g/mol. The summed E-state index contributed by atoms with van der Waals surface area (Å²) in [4.78, 5) is 15.1. The third-order valence-electron chi connectivity index (χ3n) is 2.20. The first-order valence-electron chi connectivity index (χ1n) is 4.68. The van der Waals surface area contributed by atoms with E-state index in [2.05, 4.69) is 19.9 Å². The lowest BCUT2D eigenvalue weighted by atomic mass is 10.0. The van der Waals surface area contributed by atoms with Crippen LogP contribution in [0.1, 0.15) is 12.7 Å². The topological polar surface area (TPSA) is 101 Å². The number of aliphatic hydroxyl groups is 1. The fourth-order valence-electron chi connectivity index (χ4n) is 1.33. The van der Waals surface area contributed by atoms with Gasteiger partial charge < -0.3 is 15.8 Å². The molecule has 2 aromatic heterocycles.